The molecule has 0 amide bonds. The fourth-order valence-corrected chi connectivity index (χ4v) is 2.56. The summed E-state index contributed by atoms with van der Waals surface area (Å²) in [4.78, 5) is 11.2. The second kappa shape index (κ2) is 7.14. The van der Waals surface area contributed by atoms with Crippen molar-refractivity contribution in [3.05, 3.63) is 0 Å². The van der Waals surface area contributed by atoms with Gasteiger partial charge in [-0.05, 0) is 32.4 Å². The van der Waals surface area contributed by atoms with Crippen LogP contribution in [0.3, 0.4) is 0 Å². The van der Waals surface area contributed by atoms with Gasteiger partial charge in [0.15, 0.2) is 0 Å². The average molecular weight is 249 g/mol. The summed E-state index contributed by atoms with van der Waals surface area (Å²) in [6.45, 7) is 7.66. The number of aliphatic hydroxyl groups is 1. The molecule has 4 nitrogen and oxygen atoms in total. The summed E-state index contributed by atoms with van der Waals surface area (Å²) in [5.74, 6) is 0.664. The summed E-state index contributed by atoms with van der Waals surface area (Å²) >= 11 is 1.56. The van der Waals surface area contributed by atoms with Crippen LogP contribution in [0.1, 0.15) is 27.7 Å². The molecule has 96 valence electrons. The van der Waals surface area contributed by atoms with E-state index in [0.717, 1.165) is 5.75 Å². The lowest BCUT2D eigenvalue weighted by Crippen LogP contribution is -2.54. The van der Waals surface area contributed by atoms with E-state index >= 15 is 0 Å². The van der Waals surface area contributed by atoms with Gasteiger partial charge in [0, 0.05) is 18.4 Å². The van der Waals surface area contributed by atoms with Crippen molar-refractivity contribution < 1.29 is 15.0 Å². The second-order valence-electron chi connectivity index (χ2n) is 4.74. The first-order chi connectivity index (χ1) is 7.31. The van der Waals surface area contributed by atoms with Gasteiger partial charge in [-0.25, -0.2) is 0 Å². The quantitative estimate of drug-likeness (QED) is 0.603. The number of carboxylic acid groups (broad SMARTS) is 1. The fraction of sp³-hybridized carbons (Fsp3) is 0.909. The topological polar surface area (TPSA) is 69.6 Å². The molecule has 16 heavy (non-hydrogen) atoms. The highest BCUT2D eigenvalue weighted by molar-refractivity contribution is 7.99. The zero-order valence-corrected chi connectivity index (χ0v) is 11.3. The lowest BCUT2D eigenvalue weighted by Gasteiger charge is -2.28. The predicted octanol–water partition coefficient (Wildman–Crippen LogP) is 1.19. The van der Waals surface area contributed by atoms with Crippen molar-refractivity contribution in [1.82, 2.24) is 5.32 Å². The summed E-state index contributed by atoms with van der Waals surface area (Å²) in [5.41, 5.74) is -0.895. The number of carbonyl (C=O) groups is 1. The second-order valence-corrected chi connectivity index (χ2v) is 5.77. The van der Waals surface area contributed by atoms with Crippen LogP contribution in [0.2, 0.25) is 0 Å². The molecular formula is C11H23NO3S. The van der Waals surface area contributed by atoms with Gasteiger partial charge in [0.05, 0.1) is 0 Å². The van der Waals surface area contributed by atoms with Crippen LogP contribution in [0.4, 0.5) is 0 Å². The minimum atomic E-state index is -0.895. The van der Waals surface area contributed by atoms with Crippen molar-refractivity contribution in [3.63, 3.8) is 0 Å². The third-order valence-electron chi connectivity index (χ3n) is 2.18. The van der Waals surface area contributed by atoms with Crippen molar-refractivity contribution in [2.24, 2.45) is 5.92 Å². The maximum atomic E-state index is 11.2. The highest BCUT2D eigenvalue weighted by Gasteiger charge is 2.33. The van der Waals surface area contributed by atoms with Gasteiger partial charge in [-0.3, -0.25) is 10.1 Å². The van der Waals surface area contributed by atoms with Gasteiger partial charge in [-0.2, -0.15) is 11.8 Å². The highest BCUT2D eigenvalue weighted by Crippen LogP contribution is 2.17. The van der Waals surface area contributed by atoms with Crippen LogP contribution >= 0.6 is 11.8 Å². The van der Waals surface area contributed by atoms with Crippen molar-refractivity contribution in [2.75, 3.05) is 18.1 Å². The zero-order valence-electron chi connectivity index (χ0n) is 10.5. The molecule has 0 radical (unpaired) electrons. The molecule has 0 heterocycles. The molecule has 0 aliphatic rings. The molecule has 0 aromatic rings. The molecule has 0 fully saturated rings. The Morgan fingerprint density at radius 1 is 1.44 bits per heavy atom. The van der Waals surface area contributed by atoms with Crippen molar-refractivity contribution in [2.45, 2.75) is 39.3 Å². The van der Waals surface area contributed by atoms with E-state index in [-0.39, 0.29) is 18.6 Å². The Balaban J connectivity index is 4.18. The monoisotopic (exact) mass is 249 g/mol. The van der Waals surface area contributed by atoms with Gasteiger partial charge in [-0.1, -0.05) is 6.92 Å². The number of aliphatic carboxylic acids is 1. The molecule has 0 spiro atoms. The van der Waals surface area contributed by atoms with Crippen molar-refractivity contribution in [3.8, 4) is 0 Å². The van der Waals surface area contributed by atoms with Gasteiger partial charge >= 0.3 is 5.97 Å². The molecule has 5 heteroatoms. The first kappa shape index (κ1) is 15.7. The Morgan fingerprint density at radius 2 is 2.00 bits per heavy atom. The minimum absolute atomic E-state index is 0.136. The standard InChI is InChI=1S/C11H23NO3S/c1-8(2)12-11(4,10(14)15)7-16-6-9(3)5-13/h8-9,12-13H,5-7H2,1-4H3,(H,14,15). The average Bonchev–Trinajstić information content (AvgIpc) is 2.16. The number of hydrogen-bond acceptors (Lipinski definition) is 4. The molecular weight excluding hydrogens is 226 g/mol. The maximum Gasteiger partial charge on any atom is 0.324 e. The Morgan fingerprint density at radius 3 is 2.38 bits per heavy atom. The summed E-state index contributed by atoms with van der Waals surface area (Å²) < 4.78 is 0. The van der Waals surface area contributed by atoms with E-state index < -0.39 is 11.5 Å². The van der Waals surface area contributed by atoms with E-state index in [1.807, 2.05) is 20.8 Å². The molecule has 2 unspecified atom stereocenters. The van der Waals surface area contributed by atoms with Crippen LogP contribution < -0.4 is 5.32 Å². The number of aliphatic hydroxyl groups excluding tert-OH is 1. The first-order valence-corrected chi connectivity index (χ1v) is 6.67. The third kappa shape index (κ3) is 5.72. The Labute approximate surface area is 102 Å². The lowest BCUT2D eigenvalue weighted by molar-refractivity contribution is -0.143. The van der Waals surface area contributed by atoms with Gasteiger partial charge in [0.2, 0.25) is 0 Å². The van der Waals surface area contributed by atoms with Gasteiger partial charge in [0.25, 0.3) is 0 Å². The zero-order chi connectivity index (χ0) is 12.8. The smallest absolute Gasteiger partial charge is 0.324 e. The SMILES string of the molecule is CC(CO)CSCC(C)(NC(C)C)C(=O)O. The molecule has 0 saturated heterocycles. The largest absolute Gasteiger partial charge is 0.480 e. The molecule has 0 aromatic carbocycles. The van der Waals surface area contributed by atoms with Crippen molar-refractivity contribution in [1.29, 1.82) is 0 Å². The predicted molar refractivity (Wildman–Crippen MR) is 67.9 cm³/mol. The van der Waals surface area contributed by atoms with Crippen LogP contribution in [-0.4, -0.2) is 45.9 Å². The molecule has 0 bridgehead atoms. The summed E-state index contributed by atoms with van der Waals surface area (Å²) in [6, 6.07) is 0.136. The summed E-state index contributed by atoms with van der Waals surface area (Å²) in [6.07, 6.45) is 0. The molecule has 0 aromatic heterocycles. The van der Waals surface area contributed by atoms with Gasteiger partial charge < -0.3 is 10.2 Å². The third-order valence-corrected chi connectivity index (χ3v) is 3.77. The number of hydrogen-bond donors (Lipinski definition) is 3. The Kier molecular flexibility index (Phi) is 7.03. The molecule has 0 aliphatic heterocycles. The molecule has 2 atom stereocenters. The number of nitrogens with one attached hydrogen (secondary N) is 1. The minimum Gasteiger partial charge on any atom is -0.480 e. The van der Waals surface area contributed by atoms with E-state index in [4.69, 9.17) is 5.11 Å². The molecule has 0 aliphatic carbocycles. The molecule has 0 rings (SSSR count). The van der Waals surface area contributed by atoms with Crippen LogP contribution in [0.25, 0.3) is 0 Å². The molecule has 3 N–H and O–H groups in total. The Hall–Kier alpha value is -0.260. The number of rotatable bonds is 8. The first-order valence-electron chi connectivity index (χ1n) is 5.51. The van der Waals surface area contributed by atoms with Crippen LogP contribution in [0.15, 0.2) is 0 Å². The van der Waals surface area contributed by atoms with Gasteiger partial charge in [-0.15, -0.1) is 0 Å². The van der Waals surface area contributed by atoms with E-state index in [2.05, 4.69) is 5.32 Å². The van der Waals surface area contributed by atoms with Crippen molar-refractivity contribution >= 4 is 17.7 Å². The van der Waals surface area contributed by atoms with E-state index in [1.54, 1.807) is 18.7 Å². The van der Waals surface area contributed by atoms with Crippen LogP contribution in [0, 0.1) is 5.92 Å². The summed E-state index contributed by atoms with van der Waals surface area (Å²) in [5, 5.41) is 21.1. The number of thioether (sulfide) groups is 1. The fourth-order valence-electron chi connectivity index (χ4n) is 1.32. The van der Waals surface area contributed by atoms with Crippen LogP contribution in [-0.2, 0) is 4.79 Å². The Bertz CT molecular complexity index is 223. The number of carboxylic acids is 1. The van der Waals surface area contributed by atoms with Crippen LogP contribution in [0.5, 0.6) is 0 Å². The summed E-state index contributed by atoms with van der Waals surface area (Å²) in [7, 11) is 0. The van der Waals surface area contributed by atoms with Gasteiger partial charge in [0.1, 0.15) is 5.54 Å². The highest BCUT2D eigenvalue weighted by atomic mass is 32.2. The van der Waals surface area contributed by atoms with E-state index in [1.165, 1.54) is 0 Å². The van der Waals surface area contributed by atoms with E-state index in [9.17, 15) is 9.90 Å². The van der Waals surface area contributed by atoms with E-state index in [0.29, 0.717) is 5.75 Å². The molecule has 0 saturated carbocycles. The normalized spacial score (nSPS) is 17.1. The maximum absolute atomic E-state index is 11.2. The lowest BCUT2D eigenvalue weighted by atomic mass is 10.1.